The molecule has 1 aliphatic rings. The van der Waals surface area contributed by atoms with Gasteiger partial charge in [0.25, 0.3) is 0 Å². The summed E-state index contributed by atoms with van der Waals surface area (Å²) in [6.07, 6.45) is 1.45. The molecule has 2 rings (SSSR count). The monoisotopic (exact) mass is 313 g/mol. The Hall–Kier alpha value is -1.31. The van der Waals surface area contributed by atoms with Gasteiger partial charge in [-0.15, -0.1) is 0 Å². The van der Waals surface area contributed by atoms with Gasteiger partial charge in [-0.2, -0.15) is 0 Å². The molecule has 1 saturated heterocycles. The van der Waals surface area contributed by atoms with Crippen LogP contribution in [0.5, 0.6) is 0 Å². The van der Waals surface area contributed by atoms with E-state index in [0.717, 1.165) is 12.1 Å². The summed E-state index contributed by atoms with van der Waals surface area (Å²) in [6, 6.07) is 1.80. The number of benzene rings is 1. The highest BCUT2D eigenvalue weighted by atomic mass is 19.2. The Bertz CT molecular complexity index is 578. The summed E-state index contributed by atoms with van der Waals surface area (Å²) in [5.41, 5.74) is 5.27. The van der Waals surface area contributed by atoms with Crippen LogP contribution in [0.2, 0.25) is 0 Å². The van der Waals surface area contributed by atoms with Crippen LogP contribution in [0.15, 0.2) is 17.6 Å². The van der Waals surface area contributed by atoms with Gasteiger partial charge in [0.05, 0.1) is 11.2 Å². The number of halogens is 3. The smallest absolute Gasteiger partial charge is 0.400 e. The predicted octanol–water partition coefficient (Wildman–Crippen LogP) is 3.08. The molecule has 0 saturated carbocycles. The van der Waals surface area contributed by atoms with Gasteiger partial charge >= 0.3 is 7.12 Å². The Labute approximate surface area is 128 Å². The zero-order valence-electron chi connectivity index (χ0n) is 13.0. The first-order chi connectivity index (χ1) is 10.1. The summed E-state index contributed by atoms with van der Waals surface area (Å²) in [4.78, 5) is 0. The molecular weight excluding hydrogens is 294 g/mol. The Kier molecular flexibility index (Phi) is 4.43. The fraction of sp³-hybridized carbons (Fsp3) is 0.467. The molecule has 0 spiro atoms. The second kappa shape index (κ2) is 5.72. The molecule has 1 aromatic carbocycles. The van der Waals surface area contributed by atoms with E-state index in [1.54, 1.807) is 0 Å². The molecule has 22 heavy (non-hydrogen) atoms. The third kappa shape index (κ3) is 3.07. The fourth-order valence-electron chi connectivity index (χ4n) is 2.09. The van der Waals surface area contributed by atoms with Gasteiger partial charge in [0.15, 0.2) is 17.5 Å². The number of nitrogens with two attached hydrogens (primary N) is 1. The van der Waals surface area contributed by atoms with Crippen LogP contribution >= 0.6 is 0 Å². The summed E-state index contributed by atoms with van der Waals surface area (Å²) in [5.74, 6) is -4.00. The Morgan fingerprint density at radius 2 is 1.55 bits per heavy atom. The molecule has 3 nitrogen and oxygen atoms in total. The average molecular weight is 313 g/mol. The lowest BCUT2D eigenvalue weighted by atomic mass is 9.77. The van der Waals surface area contributed by atoms with Gasteiger partial charge in [-0.05, 0) is 50.9 Å². The van der Waals surface area contributed by atoms with Crippen molar-refractivity contribution in [2.45, 2.75) is 38.9 Å². The highest BCUT2D eigenvalue weighted by Crippen LogP contribution is 2.38. The van der Waals surface area contributed by atoms with Crippen molar-refractivity contribution in [3.63, 3.8) is 0 Å². The van der Waals surface area contributed by atoms with Crippen molar-refractivity contribution >= 4 is 13.2 Å². The van der Waals surface area contributed by atoms with Crippen LogP contribution in [0.3, 0.4) is 0 Å². The third-order valence-electron chi connectivity index (χ3n) is 4.15. The molecule has 0 atom stereocenters. The summed E-state index contributed by atoms with van der Waals surface area (Å²) < 4.78 is 51.2. The quantitative estimate of drug-likeness (QED) is 0.689. The van der Waals surface area contributed by atoms with Gasteiger partial charge in [0.2, 0.25) is 0 Å². The van der Waals surface area contributed by atoms with Crippen molar-refractivity contribution in [3.05, 3.63) is 40.6 Å². The van der Waals surface area contributed by atoms with E-state index in [1.165, 1.54) is 6.08 Å². The first-order valence-corrected chi connectivity index (χ1v) is 6.98. The molecule has 0 amide bonds. The molecule has 1 heterocycles. The molecule has 0 aliphatic carbocycles. The van der Waals surface area contributed by atoms with Gasteiger partial charge in [-0.1, -0.05) is 6.08 Å². The Balaban J connectivity index is 2.34. The van der Waals surface area contributed by atoms with Crippen molar-refractivity contribution in [1.29, 1.82) is 0 Å². The molecule has 120 valence electrons. The van der Waals surface area contributed by atoms with E-state index in [0.29, 0.717) is 5.47 Å². The van der Waals surface area contributed by atoms with Crippen molar-refractivity contribution in [1.82, 2.24) is 0 Å². The minimum absolute atomic E-state index is 0.0808. The number of hydrogen-bond acceptors (Lipinski definition) is 3. The Morgan fingerprint density at radius 1 is 1.09 bits per heavy atom. The summed E-state index contributed by atoms with van der Waals surface area (Å²) in [5, 5.41) is 0. The Morgan fingerprint density at radius 3 is 1.95 bits per heavy atom. The molecule has 2 N–H and O–H groups in total. The SMILES string of the molecule is CC1(C)OB(C(=Cc2cc(F)c(F)c(F)c2)CN)OC1(C)C. The lowest BCUT2D eigenvalue weighted by Gasteiger charge is -2.32. The molecule has 0 radical (unpaired) electrons. The lowest BCUT2D eigenvalue weighted by molar-refractivity contribution is 0.00578. The molecule has 1 aliphatic heterocycles. The zero-order chi connectivity index (χ0) is 16.7. The van der Waals surface area contributed by atoms with Crippen LogP contribution in [-0.4, -0.2) is 24.9 Å². The maximum Gasteiger partial charge on any atom is 0.491 e. The topological polar surface area (TPSA) is 44.5 Å². The molecule has 0 bridgehead atoms. The fourth-order valence-corrected chi connectivity index (χ4v) is 2.09. The highest BCUT2D eigenvalue weighted by molar-refractivity contribution is 6.55. The van der Waals surface area contributed by atoms with Crippen LogP contribution in [-0.2, 0) is 9.31 Å². The van der Waals surface area contributed by atoms with E-state index in [-0.39, 0.29) is 12.1 Å². The van der Waals surface area contributed by atoms with E-state index in [4.69, 9.17) is 15.0 Å². The van der Waals surface area contributed by atoms with Crippen molar-refractivity contribution in [3.8, 4) is 0 Å². The van der Waals surface area contributed by atoms with Gasteiger partial charge in [0.1, 0.15) is 0 Å². The molecule has 0 unspecified atom stereocenters. The standard InChI is InChI=1S/C15H19BF3NO2/c1-14(2)15(3,4)22-16(21-14)10(8-20)5-9-6-11(17)13(19)12(18)7-9/h5-7H,8,20H2,1-4H3. The van der Waals surface area contributed by atoms with Crippen LogP contribution in [0.4, 0.5) is 13.2 Å². The average Bonchev–Trinajstić information content (AvgIpc) is 2.61. The maximum atomic E-state index is 13.3. The van der Waals surface area contributed by atoms with Gasteiger partial charge in [-0.3, -0.25) is 0 Å². The minimum atomic E-state index is -1.50. The van der Waals surface area contributed by atoms with E-state index < -0.39 is 35.8 Å². The normalized spacial score (nSPS) is 20.5. The van der Waals surface area contributed by atoms with Crippen LogP contribution < -0.4 is 5.73 Å². The number of hydrogen-bond donors (Lipinski definition) is 1. The second-order valence-corrected chi connectivity index (χ2v) is 6.31. The van der Waals surface area contributed by atoms with Crippen molar-refractivity contribution in [2.24, 2.45) is 5.73 Å². The maximum absolute atomic E-state index is 13.3. The van der Waals surface area contributed by atoms with Gasteiger partial charge in [-0.25, -0.2) is 13.2 Å². The predicted molar refractivity (Wildman–Crippen MR) is 79.4 cm³/mol. The molecule has 1 aromatic rings. The molecule has 0 aromatic heterocycles. The largest absolute Gasteiger partial charge is 0.491 e. The molecule has 1 fully saturated rings. The van der Waals surface area contributed by atoms with E-state index in [2.05, 4.69) is 0 Å². The third-order valence-corrected chi connectivity index (χ3v) is 4.15. The van der Waals surface area contributed by atoms with Gasteiger partial charge in [0, 0.05) is 6.54 Å². The molecule has 7 heteroatoms. The van der Waals surface area contributed by atoms with Crippen molar-refractivity contribution in [2.75, 3.05) is 6.54 Å². The summed E-state index contributed by atoms with van der Waals surface area (Å²) >= 11 is 0. The first-order valence-electron chi connectivity index (χ1n) is 6.98. The molecular formula is C15H19BF3NO2. The van der Waals surface area contributed by atoms with Crippen LogP contribution in [0.1, 0.15) is 33.3 Å². The van der Waals surface area contributed by atoms with Crippen molar-refractivity contribution < 1.29 is 22.5 Å². The highest BCUT2D eigenvalue weighted by Gasteiger charge is 2.52. The lowest BCUT2D eigenvalue weighted by Crippen LogP contribution is -2.41. The van der Waals surface area contributed by atoms with Gasteiger partial charge < -0.3 is 15.0 Å². The summed E-state index contributed by atoms with van der Waals surface area (Å²) in [7, 11) is -0.717. The zero-order valence-corrected chi connectivity index (χ0v) is 13.0. The number of rotatable bonds is 3. The van der Waals surface area contributed by atoms with Crippen LogP contribution in [0, 0.1) is 17.5 Å². The van der Waals surface area contributed by atoms with E-state index in [9.17, 15) is 13.2 Å². The first kappa shape index (κ1) is 17.1. The second-order valence-electron chi connectivity index (χ2n) is 6.31. The van der Waals surface area contributed by atoms with Crippen LogP contribution in [0.25, 0.3) is 6.08 Å². The minimum Gasteiger partial charge on any atom is -0.400 e. The van der Waals surface area contributed by atoms with E-state index in [1.807, 2.05) is 27.7 Å². The summed E-state index contributed by atoms with van der Waals surface area (Å²) in [6.45, 7) is 7.63. The van der Waals surface area contributed by atoms with E-state index >= 15 is 0 Å².